The van der Waals surface area contributed by atoms with E-state index in [9.17, 15) is 14.4 Å². The number of hydrogen-bond acceptors (Lipinski definition) is 7. The summed E-state index contributed by atoms with van der Waals surface area (Å²) in [6, 6.07) is 17.5. The molecule has 2 aromatic heterocycles. The Kier molecular flexibility index (Phi) is 9.50. The third-order valence-electron chi connectivity index (χ3n) is 8.84. The Morgan fingerprint density at radius 2 is 1.51 bits per heavy atom. The molecule has 3 heterocycles. The average Bonchev–Trinajstić information content (AvgIpc) is 3.53. The zero-order valence-electron chi connectivity index (χ0n) is 29.2. The lowest BCUT2D eigenvalue weighted by Gasteiger charge is -2.25. The zero-order chi connectivity index (χ0) is 34.9. The van der Waals surface area contributed by atoms with Crippen molar-refractivity contribution in [2.45, 2.75) is 92.2 Å². The minimum absolute atomic E-state index is 0.0857. The van der Waals surface area contributed by atoms with Gasteiger partial charge in [0, 0.05) is 25.4 Å². The van der Waals surface area contributed by atoms with Crippen molar-refractivity contribution in [2.75, 3.05) is 9.80 Å². The van der Waals surface area contributed by atoms with Crippen molar-refractivity contribution in [3.8, 4) is 0 Å². The van der Waals surface area contributed by atoms with Gasteiger partial charge in [-0.1, -0.05) is 69.0 Å². The summed E-state index contributed by atoms with van der Waals surface area (Å²) in [7, 11) is 0. The first kappa shape index (κ1) is 33.8. The quantitative estimate of drug-likeness (QED) is 0.219. The smallest absolute Gasteiger partial charge is 0.331 e. The second-order valence-corrected chi connectivity index (χ2v) is 14.2. The van der Waals surface area contributed by atoms with Crippen LogP contribution in [0.5, 0.6) is 0 Å². The molecule has 4 aromatic rings. The summed E-state index contributed by atoms with van der Waals surface area (Å²) in [5, 5.41) is 2.32. The standard InChI is InChI=1S/C39H46N6O4/c1-27(2)19-22-42-32-12-8-7-11-31(32)40-35(42)25-44-28(3)43(33-13-9-10-14-34(33)44)23-29-15-17-30(18-16-29)24-45-36(46)20-21-41(38(45)48)26-37(47)49-39(4,5)6/h9-18,20-21,27H,3,7-8,19,22-26H2,1-2,4-6H3. The van der Waals surface area contributed by atoms with Crippen molar-refractivity contribution in [3.63, 3.8) is 0 Å². The van der Waals surface area contributed by atoms with Gasteiger partial charge in [-0.25, -0.2) is 9.78 Å². The topological polar surface area (TPSA) is 94.6 Å². The van der Waals surface area contributed by atoms with E-state index in [1.54, 1.807) is 20.8 Å². The van der Waals surface area contributed by atoms with Gasteiger partial charge in [-0.3, -0.25) is 18.7 Å². The number of imidazole rings is 1. The fourth-order valence-electron chi connectivity index (χ4n) is 6.39. The van der Waals surface area contributed by atoms with Crippen LogP contribution in [0.4, 0.5) is 11.4 Å². The molecule has 1 aliphatic carbocycles. The summed E-state index contributed by atoms with van der Waals surface area (Å²) in [5.41, 5.74) is 2.37. The minimum Gasteiger partial charge on any atom is -0.459 e. The van der Waals surface area contributed by atoms with Gasteiger partial charge in [0.25, 0.3) is 5.56 Å². The van der Waals surface area contributed by atoms with E-state index in [-0.39, 0.29) is 13.1 Å². The Hall–Kier alpha value is -5.12. The summed E-state index contributed by atoms with van der Waals surface area (Å²) in [6.45, 7) is 16.3. The maximum Gasteiger partial charge on any atom is 0.331 e. The number of benzene rings is 2. The van der Waals surface area contributed by atoms with Crippen LogP contribution in [0, 0.1) is 5.92 Å². The van der Waals surface area contributed by atoms with Gasteiger partial charge in [-0.2, -0.15) is 0 Å². The highest BCUT2D eigenvalue weighted by Crippen LogP contribution is 2.42. The third kappa shape index (κ3) is 7.48. The number of anilines is 2. The van der Waals surface area contributed by atoms with Gasteiger partial charge in [0.15, 0.2) is 0 Å². The lowest BCUT2D eigenvalue weighted by molar-refractivity contribution is -0.155. The van der Waals surface area contributed by atoms with Crippen LogP contribution in [0.3, 0.4) is 0 Å². The van der Waals surface area contributed by atoms with Gasteiger partial charge in [-0.05, 0) is 69.2 Å². The fourth-order valence-corrected chi connectivity index (χ4v) is 6.39. The first-order chi connectivity index (χ1) is 23.4. The van der Waals surface area contributed by atoms with E-state index < -0.39 is 22.8 Å². The number of fused-ring (bicyclic) bond motifs is 2. The summed E-state index contributed by atoms with van der Waals surface area (Å²) in [6.07, 6.45) is 9.06. The molecule has 0 saturated carbocycles. The van der Waals surface area contributed by atoms with E-state index in [0.717, 1.165) is 69.9 Å². The van der Waals surface area contributed by atoms with E-state index in [4.69, 9.17) is 9.72 Å². The molecule has 6 rings (SSSR count). The Morgan fingerprint density at radius 3 is 2.16 bits per heavy atom. The molecule has 10 nitrogen and oxygen atoms in total. The van der Waals surface area contributed by atoms with Crippen molar-refractivity contribution < 1.29 is 9.53 Å². The van der Waals surface area contributed by atoms with Gasteiger partial charge in [0.2, 0.25) is 0 Å². The number of hydrogen-bond donors (Lipinski definition) is 0. The highest BCUT2D eigenvalue weighted by molar-refractivity contribution is 5.82. The maximum atomic E-state index is 13.1. The van der Waals surface area contributed by atoms with Crippen LogP contribution in [0.25, 0.3) is 12.2 Å². The minimum atomic E-state index is -0.674. The number of aromatic nitrogens is 4. The number of para-hydroxylation sites is 2. The molecular formula is C39H46N6O4. The molecule has 10 heteroatoms. The van der Waals surface area contributed by atoms with Gasteiger partial charge in [0.05, 0.1) is 35.2 Å². The summed E-state index contributed by atoms with van der Waals surface area (Å²) in [5.74, 6) is 1.99. The Labute approximate surface area is 286 Å². The van der Waals surface area contributed by atoms with Crippen LogP contribution in [0.1, 0.15) is 70.8 Å². The Balaban J connectivity index is 1.19. The molecule has 1 aliphatic heterocycles. The van der Waals surface area contributed by atoms with Crippen LogP contribution in [-0.4, -0.2) is 30.3 Å². The van der Waals surface area contributed by atoms with Crippen molar-refractivity contribution in [1.82, 2.24) is 18.7 Å². The second-order valence-electron chi connectivity index (χ2n) is 14.2. The molecule has 0 atom stereocenters. The van der Waals surface area contributed by atoms with E-state index in [1.165, 1.54) is 22.2 Å². The first-order valence-corrected chi connectivity index (χ1v) is 17.1. The van der Waals surface area contributed by atoms with E-state index >= 15 is 0 Å². The monoisotopic (exact) mass is 662 g/mol. The van der Waals surface area contributed by atoms with Gasteiger partial charge in [0.1, 0.15) is 23.8 Å². The molecule has 0 N–H and O–H groups in total. The van der Waals surface area contributed by atoms with Crippen LogP contribution in [-0.2, 0) is 42.3 Å². The Bertz CT molecular complexity index is 2110. The Morgan fingerprint density at radius 1 is 0.878 bits per heavy atom. The third-order valence-corrected chi connectivity index (χ3v) is 8.84. The lowest BCUT2D eigenvalue weighted by Crippen LogP contribution is -2.41. The molecular weight excluding hydrogens is 616 g/mol. The van der Waals surface area contributed by atoms with Crippen LogP contribution in [0.2, 0.25) is 0 Å². The normalized spacial score (nSPS) is 14.0. The second kappa shape index (κ2) is 13.8. The van der Waals surface area contributed by atoms with Crippen molar-refractivity contribution in [3.05, 3.63) is 122 Å². The van der Waals surface area contributed by atoms with Crippen LogP contribution < -0.4 is 31.7 Å². The highest BCUT2D eigenvalue weighted by atomic mass is 16.6. The molecule has 0 fully saturated rings. The average molecular weight is 663 g/mol. The number of rotatable bonds is 11. The summed E-state index contributed by atoms with van der Waals surface area (Å²) >= 11 is 0. The van der Waals surface area contributed by atoms with E-state index in [1.807, 2.05) is 30.3 Å². The van der Waals surface area contributed by atoms with Crippen molar-refractivity contribution in [2.24, 2.45) is 5.92 Å². The summed E-state index contributed by atoms with van der Waals surface area (Å²) in [4.78, 5) is 47.7. The van der Waals surface area contributed by atoms with Crippen LogP contribution >= 0.6 is 0 Å². The lowest BCUT2D eigenvalue weighted by atomic mass is 10.1. The highest BCUT2D eigenvalue weighted by Gasteiger charge is 2.31. The molecule has 0 bridgehead atoms. The van der Waals surface area contributed by atoms with Gasteiger partial charge < -0.3 is 19.1 Å². The van der Waals surface area contributed by atoms with E-state index in [0.29, 0.717) is 19.0 Å². The van der Waals surface area contributed by atoms with E-state index in [2.05, 4.69) is 65.1 Å². The zero-order valence-corrected chi connectivity index (χ0v) is 29.2. The SMILES string of the molecule is C=C1N(Cc2ccc(Cn3c(=O)ccn(CC(=O)OC(C)(C)C)c3=O)cc2)c2ccccc2N1Cc1nc2c(n1CCC(C)C)=CCCC=2. The largest absolute Gasteiger partial charge is 0.459 e. The predicted octanol–water partition coefficient (Wildman–Crippen LogP) is 4.50. The van der Waals surface area contributed by atoms with Crippen molar-refractivity contribution >= 4 is 29.5 Å². The fraction of sp³-hybridized carbons (Fsp3) is 0.385. The molecule has 49 heavy (non-hydrogen) atoms. The molecule has 0 saturated heterocycles. The summed E-state index contributed by atoms with van der Waals surface area (Å²) < 4.78 is 10.1. The number of carbonyl (C=O) groups excluding carboxylic acids is 1. The number of carbonyl (C=O) groups is 1. The predicted molar refractivity (Wildman–Crippen MR) is 193 cm³/mol. The van der Waals surface area contributed by atoms with Gasteiger partial charge in [-0.15, -0.1) is 0 Å². The molecule has 0 unspecified atom stereocenters. The number of ether oxygens (including phenoxy) is 1. The molecule has 2 aliphatic rings. The first-order valence-electron chi connectivity index (χ1n) is 17.1. The maximum absolute atomic E-state index is 13.1. The van der Waals surface area contributed by atoms with Gasteiger partial charge >= 0.3 is 11.7 Å². The number of esters is 1. The molecule has 0 spiro atoms. The molecule has 0 radical (unpaired) electrons. The van der Waals surface area contributed by atoms with Crippen molar-refractivity contribution in [1.29, 1.82) is 0 Å². The van der Waals surface area contributed by atoms with Crippen LogP contribution in [0.15, 0.2) is 82.8 Å². The molecule has 0 amide bonds. The number of nitrogens with zero attached hydrogens (tertiary/aromatic N) is 6. The molecule has 256 valence electrons. The molecule has 2 aromatic carbocycles.